The molecule has 0 bridgehead atoms. The highest BCUT2D eigenvalue weighted by Gasteiger charge is 2.21. The van der Waals surface area contributed by atoms with Gasteiger partial charge < -0.3 is 4.90 Å². The van der Waals surface area contributed by atoms with Crippen LogP contribution in [0.15, 0.2) is 42.5 Å². The van der Waals surface area contributed by atoms with Crippen LogP contribution in [0.3, 0.4) is 0 Å². The van der Waals surface area contributed by atoms with Gasteiger partial charge in [-0.15, -0.1) is 0 Å². The van der Waals surface area contributed by atoms with Gasteiger partial charge in [0, 0.05) is 13.1 Å². The highest BCUT2D eigenvalue weighted by atomic mass is 19.1. The molecule has 0 aromatic heterocycles. The van der Waals surface area contributed by atoms with Gasteiger partial charge in [-0.2, -0.15) is 5.26 Å². The van der Waals surface area contributed by atoms with E-state index in [4.69, 9.17) is 5.26 Å². The second-order valence-corrected chi connectivity index (χ2v) is 7.95. The summed E-state index contributed by atoms with van der Waals surface area (Å²) in [6.07, 6.45) is 5.64. The van der Waals surface area contributed by atoms with Gasteiger partial charge in [-0.1, -0.05) is 44.5 Å². The van der Waals surface area contributed by atoms with Gasteiger partial charge in [-0.25, -0.2) is 4.39 Å². The Labute approximate surface area is 162 Å². The first-order valence-corrected chi connectivity index (χ1v) is 10.1. The van der Waals surface area contributed by atoms with Crippen molar-refractivity contribution in [2.45, 2.75) is 46.0 Å². The van der Waals surface area contributed by atoms with Crippen molar-refractivity contribution in [3.63, 3.8) is 0 Å². The predicted molar refractivity (Wildman–Crippen MR) is 109 cm³/mol. The molecule has 0 saturated carbocycles. The topological polar surface area (TPSA) is 27.0 Å². The molecule has 27 heavy (non-hydrogen) atoms. The summed E-state index contributed by atoms with van der Waals surface area (Å²) in [5.74, 6) is 1.11. The summed E-state index contributed by atoms with van der Waals surface area (Å²) < 4.78 is 14.2. The summed E-state index contributed by atoms with van der Waals surface area (Å²) in [4.78, 5) is 2.11. The maximum absolute atomic E-state index is 14.2. The number of piperidine rings is 1. The molecule has 0 spiro atoms. The zero-order valence-corrected chi connectivity index (χ0v) is 16.4. The van der Waals surface area contributed by atoms with Crippen molar-refractivity contribution in [3.8, 4) is 6.07 Å². The minimum atomic E-state index is -0.288. The fourth-order valence-electron chi connectivity index (χ4n) is 3.90. The average molecular weight is 365 g/mol. The Kier molecular flexibility index (Phi) is 6.50. The molecular formula is C24H29FN2. The molecule has 0 amide bonds. The molecule has 1 fully saturated rings. The van der Waals surface area contributed by atoms with Crippen molar-refractivity contribution in [2.75, 3.05) is 18.0 Å². The van der Waals surface area contributed by atoms with Gasteiger partial charge in [0.25, 0.3) is 0 Å². The Bertz CT molecular complexity index is 783. The molecular weight excluding hydrogens is 335 g/mol. The summed E-state index contributed by atoms with van der Waals surface area (Å²) in [6, 6.07) is 15.9. The zero-order chi connectivity index (χ0) is 19.2. The fourth-order valence-corrected chi connectivity index (χ4v) is 3.90. The molecule has 3 rings (SSSR count). The number of rotatable bonds is 6. The molecule has 1 saturated heterocycles. The lowest BCUT2D eigenvalue weighted by atomic mass is 9.89. The van der Waals surface area contributed by atoms with Gasteiger partial charge in [0.05, 0.1) is 17.3 Å². The van der Waals surface area contributed by atoms with Gasteiger partial charge in [-0.3, -0.25) is 0 Å². The third-order valence-electron chi connectivity index (χ3n) is 5.86. The first-order valence-electron chi connectivity index (χ1n) is 10.1. The highest BCUT2D eigenvalue weighted by molar-refractivity contribution is 5.51. The number of hydrogen-bond donors (Lipinski definition) is 0. The van der Waals surface area contributed by atoms with Crippen LogP contribution in [0.1, 0.15) is 49.8 Å². The Morgan fingerprint density at radius 1 is 1.11 bits per heavy atom. The summed E-state index contributed by atoms with van der Waals surface area (Å²) in [6.45, 7) is 6.30. The zero-order valence-electron chi connectivity index (χ0n) is 16.4. The maximum Gasteiger partial charge on any atom is 0.147 e. The molecule has 0 radical (unpaired) electrons. The molecule has 2 aromatic rings. The van der Waals surface area contributed by atoms with E-state index in [1.807, 2.05) is 6.07 Å². The average Bonchev–Trinajstić information content (AvgIpc) is 2.70. The molecule has 1 atom stereocenters. The van der Waals surface area contributed by atoms with Crippen LogP contribution in [0.2, 0.25) is 0 Å². The van der Waals surface area contributed by atoms with Crippen molar-refractivity contribution in [3.05, 3.63) is 65.0 Å². The second kappa shape index (κ2) is 9.04. The van der Waals surface area contributed by atoms with Gasteiger partial charge in [-0.05, 0) is 66.8 Å². The summed E-state index contributed by atoms with van der Waals surface area (Å²) in [5.41, 5.74) is 3.84. The normalized spacial score (nSPS) is 16.1. The van der Waals surface area contributed by atoms with Gasteiger partial charge in [0.2, 0.25) is 0 Å². The Morgan fingerprint density at radius 2 is 1.78 bits per heavy atom. The Hall–Kier alpha value is -2.34. The molecule has 3 heteroatoms. The molecule has 0 aliphatic carbocycles. The lowest BCUT2D eigenvalue weighted by Gasteiger charge is -2.34. The molecule has 1 heterocycles. The first-order chi connectivity index (χ1) is 13.1. The third kappa shape index (κ3) is 5.10. The van der Waals surface area contributed by atoms with Crippen LogP contribution in [0.5, 0.6) is 0 Å². The third-order valence-corrected chi connectivity index (χ3v) is 5.86. The number of benzene rings is 2. The summed E-state index contributed by atoms with van der Waals surface area (Å²) >= 11 is 0. The van der Waals surface area contributed by atoms with Crippen molar-refractivity contribution < 1.29 is 4.39 Å². The van der Waals surface area contributed by atoms with Gasteiger partial charge in [0.15, 0.2) is 0 Å². The molecule has 1 aliphatic rings. The van der Waals surface area contributed by atoms with Gasteiger partial charge in [0.1, 0.15) is 5.82 Å². The van der Waals surface area contributed by atoms with Crippen molar-refractivity contribution in [1.82, 2.24) is 0 Å². The molecule has 142 valence electrons. The van der Waals surface area contributed by atoms with E-state index in [1.54, 1.807) is 12.1 Å². The standard InChI is InChI=1S/C24H29FN2/c1-3-18(2)14-19-4-6-20(7-5-19)15-21-10-12-27(13-11-21)24-9-8-22(17-26)16-23(24)25/h4-9,16,18,21H,3,10-15H2,1-2H3. The number of nitriles is 1. The number of halogens is 1. The number of anilines is 1. The fraction of sp³-hybridized carbons (Fsp3) is 0.458. The minimum Gasteiger partial charge on any atom is -0.369 e. The van der Waals surface area contributed by atoms with Crippen LogP contribution in [0.4, 0.5) is 10.1 Å². The summed E-state index contributed by atoms with van der Waals surface area (Å²) in [5, 5.41) is 8.88. The van der Waals surface area contributed by atoms with Crippen LogP contribution < -0.4 is 4.90 Å². The van der Waals surface area contributed by atoms with E-state index in [0.29, 0.717) is 17.2 Å². The number of hydrogen-bond acceptors (Lipinski definition) is 2. The second-order valence-electron chi connectivity index (χ2n) is 7.95. The lowest BCUT2D eigenvalue weighted by molar-refractivity contribution is 0.401. The van der Waals surface area contributed by atoms with Crippen LogP contribution in [0.25, 0.3) is 0 Å². The molecule has 0 N–H and O–H groups in total. The largest absolute Gasteiger partial charge is 0.369 e. The van der Waals surface area contributed by atoms with Crippen molar-refractivity contribution >= 4 is 5.69 Å². The lowest BCUT2D eigenvalue weighted by Crippen LogP contribution is -2.34. The smallest absolute Gasteiger partial charge is 0.147 e. The van der Waals surface area contributed by atoms with Crippen molar-refractivity contribution in [2.24, 2.45) is 11.8 Å². The van der Waals surface area contributed by atoms with E-state index in [2.05, 4.69) is 43.0 Å². The van der Waals surface area contributed by atoms with E-state index in [-0.39, 0.29) is 5.82 Å². The molecule has 2 aromatic carbocycles. The summed E-state index contributed by atoms with van der Waals surface area (Å²) in [7, 11) is 0. The van der Waals surface area contributed by atoms with E-state index in [9.17, 15) is 4.39 Å². The van der Waals surface area contributed by atoms with Crippen LogP contribution >= 0.6 is 0 Å². The van der Waals surface area contributed by atoms with E-state index in [0.717, 1.165) is 44.7 Å². The van der Waals surface area contributed by atoms with Gasteiger partial charge >= 0.3 is 0 Å². The first kappa shape index (κ1) is 19.4. The quantitative estimate of drug-likeness (QED) is 0.653. The van der Waals surface area contributed by atoms with Crippen molar-refractivity contribution in [1.29, 1.82) is 5.26 Å². The van der Waals surface area contributed by atoms with Crippen LogP contribution in [-0.4, -0.2) is 13.1 Å². The number of nitrogens with zero attached hydrogens (tertiary/aromatic N) is 2. The monoisotopic (exact) mass is 364 g/mol. The molecule has 1 aliphatic heterocycles. The van der Waals surface area contributed by atoms with E-state index in [1.165, 1.54) is 23.6 Å². The van der Waals surface area contributed by atoms with E-state index >= 15 is 0 Å². The molecule has 2 nitrogen and oxygen atoms in total. The van der Waals surface area contributed by atoms with Crippen LogP contribution in [0, 0.1) is 29.0 Å². The highest BCUT2D eigenvalue weighted by Crippen LogP contribution is 2.28. The van der Waals surface area contributed by atoms with Crippen LogP contribution in [-0.2, 0) is 12.8 Å². The molecule has 1 unspecified atom stereocenters. The van der Waals surface area contributed by atoms with E-state index < -0.39 is 0 Å². The predicted octanol–water partition coefficient (Wildman–Crippen LogP) is 5.75. The Balaban J connectivity index is 1.53. The maximum atomic E-state index is 14.2. The Morgan fingerprint density at radius 3 is 2.37 bits per heavy atom. The minimum absolute atomic E-state index is 0.288. The SMILES string of the molecule is CCC(C)Cc1ccc(CC2CCN(c3ccc(C#N)cc3F)CC2)cc1.